The maximum atomic E-state index is 12.7. The fourth-order valence-electron chi connectivity index (χ4n) is 3.40. The molecule has 1 heterocycles. The van der Waals surface area contributed by atoms with Crippen LogP contribution in [0.25, 0.3) is 10.9 Å². The minimum atomic E-state index is -0.752. The highest BCUT2D eigenvalue weighted by atomic mass is 35.5. The van der Waals surface area contributed by atoms with Crippen molar-refractivity contribution in [3.63, 3.8) is 0 Å². The van der Waals surface area contributed by atoms with Crippen LogP contribution in [-0.2, 0) is 4.79 Å². The first-order valence-corrected chi connectivity index (χ1v) is 10.6. The number of nitrogens with zero attached hydrogens (tertiary/aromatic N) is 2. The average molecular weight is 439 g/mol. The molecule has 0 spiro atoms. The Morgan fingerprint density at radius 2 is 1.71 bits per heavy atom. The summed E-state index contributed by atoms with van der Waals surface area (Å²) in [5, 5.41) is 8.30. The van der Waals surface area contributed by atoms with E-state index in [1.54, 1.807) is 30.5 Å². The van der Waals surface area contributed by atoms with E-state index in [1.807, 2.05) is 38.2 Å². The molecule has 6 nitrogen and oxygen atoms in total. The van der Waals surface area contributed by atoms with Crippen LogP contribution < -0.4 is 10.7 Å². The molecule has 0 unspecified atom stereocenters. The van der Waals surface area contributed by atoms with Crippen LogP contribution in [0.5, 0.6) is 0 Å². The number of amides is 2. The number of rotatable bonds is 7. The number of carbonyl (C=O) groups excluding carboxylic acids is 2. The third-order valence-electron chi connectivity index (χ3n) is 5.06. The lowest BCUT2D eigenvalue weighted by molar-refractivity contribution is -0.123. The third kappa shape index (κ3) is 5.14. The first-order chi connectivity index (χ1) is 14.8. The number of carbonyl (C=O) groups is 2. The molecular formula is C24H27ClN4O2. The van der Waals surface area contributed by atoms with Gasteiger partial charge in [0.1, 0.15) is 6.04 Å². The summed E-state index contributed by atoms with van der Waals surface area (Å²) in [4.78, 5) is 25.3. The molecule has 2 amide bonds. The fraction of sp³-hybridized carbons (Fsp3) is 0.292. The molecule has 0 aliphatic rings. The molecule has 0 fully saturated rings. The second-order valence-electron chi connectivity index (χ2n) is 8.01. The number of nitrogens with one attached hydrogen (secondary N) is 2. The number of benzene rings is 2. The van der Waals surface area contributed by atoms with E-state index < -0.39 is 11.9 Å². The van der Waals surface area contributed by atoms with Gasteiger partial charge in [-0.05, 0) is 38.0 Å². The Bertz CT molecular complexity index is 1120. The Morgan fingerprint density at radius 1 is 1.03 bits per heavy atom. The number of hydrazone groups is 1. The summed E-state index contributed by atoms with van der Waals surface area (Å²) in [5.74, 6) is -0.924. The summed E-state index contributed by atoms with van der Waals surface area (Å²) in [6.45, 7) is 7.95. The zero-order chi connectivity index (χ0) is 22.5. The Balaban J connectivity index is 1.74. The quantitative estimate of drug-likeness (QED) is 0.411. The van der Waals surface area contributed by atoms with Gasteiger partial charge in [0.2, 0.25) is 0 Å². The highest BCUT2D eigenvalue weighted by molar-refractivity contribution is 6.33. The van der Waals surface area contributed by atoms with Crippen molar-refractivity contribution in [1.29, 1.82) is 0 Å². The number of aromatic nitrogens is 1. The highest BCUT2D eigenvalue weighted by Crippen LogP contribution is 2.23. The highest BCUT2D eigenvalue weighted by Gasteiger charge is 2.25. The van der Waals surface area contributed by atoms with E-state index in [-0.39, 0.29) is 11.8 Å². The largest absolute Gasteiger partial charge is 0.344 e. The van der Waals surface area contributed by atoms with Gasteiger partial charge in [-0.15, -0.1) is 0 Å². The fourth-order valence-corrected chi connectivity index (χ4v) is 3.62. The molecule has 1 atom stereocenters. The van der Waals surface area contributed by atoms with Crippen molar-refractivity contribution in [3.05, 3.63) is 70.9 Å². The van der Waals surface area contributed by atoms with Crippen LogP contribution in [0.1, 0.15) is 49.7 Å². The van der Waals surface area contributed by atoms with Crippen molar-refractivity contribution in [2.24, 2.45) is 11.0 Å². The average Bonchev–Trinajstić information content (AvgIpc) is 3.11. The monoisotopic (exact) mass is 438 g/mol. The number of hydrogen-bond acceptors (Lipinski definition) is 3. The molecule has 1 aromatic heterocycles. The van der Waals surface area contributed by atoms with Crippen molar-refractivity contribution >= 4 is 40.5 Å². The standard InChI is InChI=1S/C24H27ClN4O2/c1-15(2)22(27-23(30)19-10-5-7-11-20(19)25)24(31)28-26-13-17-14-29(16(3)4)21-12-8-6-9-18(17)21/h5-16,22H,1-4H3,(H,27,30)(H,28,31)/b26-13-/t22-/m1/s1. The van der Waals surface area contributed by atoms with E-state index in [4.69, 9.17) is 11.6 Å². The zero-order valence-corrected chi connectivity index (χ0v) is 18.9. The minimum absolute atomic E-state index is 0.135. The maximum absolute atomic E-state index is 12.7. The van der Waals surface area contributed by atoms with E-state index in [0.717, 1.165) is 16.5 Å². The lowest BCUT2D eigenvalue weighted by Crippen LogP contribution is -2.48. The van der Waals surface area contributed by atoms with Gasteiger partial charge < -0.3 is 9.88 Å². The summed E-state index contributed by atoms with van der Waals surface area (Å²) in [7, 11) is 0. The molecule has 3 rings (SSSR count). The normalized spacial score (nSPS) is 12.6. The summed E-state index contributed by atoms with van der Waals surface area (Å²) in [6.07, 6.45) is 3.65. The van der Waals surface area contributed by atoms with Gasteiger partial charge in [-0.25, -0.2) is 5.43 Å². The van der Waals surface area contributed by atoms with E-state index in [9.17, 15) is 9.59 Å². The van der Waals surface area contributed by atoms with Crippen LogP contribution >= 0.6 is 11.6 Å². The number of para-hydroxylation sites is 1. The van der Waals surface area contributed by atoms with Crippen molar-refractivity contribution in [3.8, 4) is 0 Å². The van der Waals surface area contributed by atoms with Gasteiger partial charge in [-0.1, -0.05) is 55.8 Å². The molecule has 7 heteroatoms. The van der Waals surface area contributed by atoms with Crippen molar-refractivity contribution < 1.29 is 9.59 Å². The van der Waals surface area contributed by atoms with Gasteiger partial charge in [0, 0.05) is 28.7 Å². The van der Waals surface area contributed by atoms with Gasteiger partial charge in [0.25, 0.3) is 11.8 Å². The van der Waals surface area contributed by atoms with Crippen LogP contribution in [0.3, 0.4) is 0 Å². The lowest BCUT2D eigenvalue weighted by atomic mass is 10.0. The molecular weight excluding hydrogens is 412 g/mol. The molecule has 2 N–H and O–H groups in total. The summed E-state index contributed by atoms with van der Waals surface area (Å²) in [6, 6.07) is 14.3. The van der Waals surface area contributed by atoms with Crippen molar-refractivity contribution in [1.82, 2.24) is 15.3 Å². The molecule has 2 aromatic carbocycles. The SMILES string of the molecule is CC(C)[C@@H](NC(=O)c1ccccc1Cl)C(=O)N/N=C\c1cn(C(C)C)c2ccccc12. The molecule has 0 saturated heterocycles. The van der Waals surface area contributed by atoms with Crippen LogP contribution in [0.4, 0.5) is 0 Å². The molecule has 0 radical (unpaired) electrons. The summed E-state index contributed by atoms with van der Waals surface area (Å²) in [5.41, 5.74) is 4.90. The van der Waals surface area contributed by atoms with E-state index >= 15 is 0 Å². The second-order valence-corrected chi connectivity index (χ2v) is 8.42. The van der Waals surface area contributed by atoms with E-state index in [1.165, 1.54) is 0 Å². The number of fused-ring (bicyclic) bond motifs is 1. The smallest absolute Gasteiger partial charge is 0.262 e. The Morgan fingerprint density at radius 3 is 2.39 bits per heavy atom. The van der Waals surface area contributed by atoms with E-state index in [2.05, 4.69) is 40.3 Å². The van der Waals surface area contributed by atoms with Gasteiger partial charge in [0.05, 0.1) is 16.8 Å². The first kappa shape index (κ1) is 22.6. The van der Waals surface area contributed by atoms with Gasteiger partial charge in [0.15, 0.2) is 0 Å². The van der Waals surface area contributed by atoms with Crippen LogP contribution in [0.15, 0.2) is 59.8 Å². The molecule has 0 aliphatic heterocycles. The Labute approximate surface area is 187 Å². The summed E-state index contributed by atoms with van der Waals surface area (Å²) < 4.78 is 2.17. The topological polar surface area (TPSA) is 75.5 Å². The number of hydrogen-bond donors (Lipinski definition) is 2. The number of halogens is 1. The minimum Gasteiger partial charge on any atom is -0.344 e. The maximum Gasteiger partial charge on any atom is 0.262 e. The summed E-state index contributed by atoms with van der Waals surface area (Å²) >= 11 is 6.10. The van der Waals surface area contributed by atoms with Crippen LogP contribution in [0.2, 0.25) is 5.02 Å². The molecule has 162 valence electrons. The Kier molecular flexibility index (Phi) is 7.13. The molecule has 3 aromatic rings. The van der Waals surface area contributed by atoms with Crippen LogP contribution in [-0.4, -0.2) is 28.6 Å². The van der Waals surface area contributed by atoms with E-state index in [0.29, 0.717) is 16.6 Å². The predicted molar refractivity (Wildman–Crippen MR) is 126 cm³/mol. The second kappa shape index (κ2) is 9.79. The van der Waals surface area contributed by atoms with Crippen molar-refractivity contribution in [2.75, 3.05) is 0 Å². The van der Waals surface area contributed by atoms with Crippen molar-refractivity contribution in [2.45, 2.75) is 39.8 Å². The van der Waals surface area contributed by atoms with Crippen LogP contribution in [0, 0.1) is 5.92 Å². The molecule has 0 bridgehead atoms. The van der Waals surface area contributed by atoms with Gasteiger partial charge in [-0.3, -0.25) is 9.59 Å². The predicted octanol–water partition coefficient (Wildman–Crippen LogP) is 4.78. The van der Waals surface area contributed by atoms with Gasteiger partial charge in [-0.2, -0.15) is 5.10 Å². The first-order valence-electron chi connectivity index (χ1n) is 10.3. The molecule has 0 aliphatic carbocycles. The molecule has 0 saturated carbocycles. The van der Waals surface area contributed by atoms with Gasteiger partial charge >= 0.3 is 0 Å². The zero-order valence-electron chi connectivity index (χ0n) is 18.1. The Hall–Kier alpha value is -3.12. The lowest BCUT2D eigenvalue weighted by Gasteiger charge is -2.20. The third-order valence-corrected chi connectivity index (χ3v) is 5.39. The molecule has 31 heavy (non-hydrogen) atoms.